The Kier molecular flexibility index (Phi) is 3.37. The van der Waals surface area contributed by atoms with Gasteiger partial charge in [0.1, 0.15) is 5.75 Å². The van der Waals surface area contributed by atoms with Gasteiger partial charge in [-0.2, -0.15) is 0 Å². The molecule has 21 heavy (non-hydrogen) atoms. The molecule has 0 saturated carbocycles. The topological polar surface area (TPSA) is 66.4 Å². The smallest absolute Gasteiger partial charge is 0.262 e. The lowest BCUT2D eigenvalue weighted by atomic mass is 10.1. The number of phenols is 1. The Bertz CT molecular complexity index is 797. The van der Waals surface area contributed by atoms with Gasteiger partial charge in [0, 0.05) is 0 Å². The van der Waals surface area contributed by atoms with Gasteiger partial charge in [-0.3, -0.25) is 4.72 Å². The molecule has 4 nitrogen and oxygen atoms in total. The van der Waals surface area contributed by atoms with Crippen molar-refractivity contribution in [2.75, 3.05) is 4.72 Å². The predicted octanol–water partition coefficient (Wildman–Crippen LogP) is 2.99. The van der Waals surface area contributed by atoms with Gasteiger partial charge in [0.2, 0.25) is 0 Å². The van der Waals surface area contributed by atoms with Crippen LogP contribution in [0, 0.1) is 6.92 Å². The van der Waals surface area contributed by atoms with Crippen LogP contribution in [0.25, 0.3) is 0 Å². The van der Waals surface area contributed by atoms with E-state index in [1.807, 2.05) is 6.07 Å². The third-order valence-corrected chi connectivity index (χ3v) is 5.23. The van der Waals surface area contributed by atoms with Gasteiger partial charge in [0.15, 0.2) is 0 Å². The summed E-state index contributed by atoms with van der Waals surface area (Å²) < 4.78 is 27.3. The second kappa shape index (κ2) is 5.07. The van der Waals surface area contributed by atoms with Crippen LogP contribution in [0.15, 0.2) is 41.3 Å². The van der Waals surface area contributed by atoms with Crippen molar-refractivity contribution in [1.82, 2.24) is 0 Å². The Hall–Kier alpha value is -2.01. The second-order valence-corrected chi connectivity index (χ2v) is 7.04. The van der Waals surface area contributed by atoms with Crippen LogP contribution in [0.3, 0.4) is 0 Å². The number of fused-ring (bicyclic) bond motifs is 1. The molecule has 0 aromatic heterocycles. The predicted molar refractivity (Wildman–Crippen MR) is 82.1 cm³/mol. The summed E-state index contributed by atoms with van der Waals surface area (Å²) >= 11 is 0. The average Bonchev–Trinajstić information content (AvgIpc) is 2.91. The summed E-state index contributed by atoms with van der Waals surface area (Å²) in [4.78, 5) is 0.240. The minimum Gasteiger partial charge on any atom is -0.505 e. The third kappa shape index (κ3) is 2.61. The molecule has 2 aromatic rings. The first-order valence-corrected chi connectivity index (χ1v) is 8.39. The van der Waals surface area contributed by atoms with Crippen molar-refractivity contribution in [3.8, 4) is 5.75 Å². The monoisotopic (exact) mass is 303 g/mol. The fourth-order valence-electron chi connectivity index (χ4n) is 2.66. The first-order valence-electron chi connectivity index (χ1n) is 6.90. The maximum atomic E-state index is 12.4. The molecule has 0 aliphatic heterocycles. The summed E-state index contributed by atoms with van der Waals surface area (Å²) in [6.45, 7) is 1.72. The molecule has 3 rings (SSSR count). The zero-order valence-electron chi connectivity index (χ0n) is 11.8. The van der Waals surface area contributed by atoms with Crippen LogP contribution in [0.4, 0.5) is 5.69 Å². The number of phenolic OH excluding ortho intramolecular Hbond substituents is 1. The molecule has 0 amide bonds. The van der Waals surface area contributed by atoms with E-state index < -0.39 is 10.0 Å². The number of para-hydroxylation sites is 1. The Morgan fingerprint density at radius 3 is 2.67 bits per heavy atom. The Balaban J connectivity index is 1.96. The number of anilines is 1. The van der Waals surface area contributed by atoms with E-state index in [0.717, 1.165) is 24.8 Å². The van der Waals surface area contributed by atoms with E-state index in [1.54, 1.807) is 37.3 Å². The first-order chi connectivity index (χ1) is 9.97. The third-order valence-electron chi connectivity index (χ3n) is 3.86. The molecule has 0 saturated heterocycles. The molecule has 2 N–H and O–H groups in total. The molecule has 110 valence electrons. The minimum absolute atomic E-state index is 0.0396. The van der Waals surface area contributed by atoms with Gasteiger partial charge in [-0.1, -0.05) is 18.2 Å². The molecule has 0 bridgehead atoms. The normalized spacial score (nSPS) is 14.0. The van der Waals surface area contributed by atoms with Crippen LogP contribution >= 0.6 is 0 Å². The van der Waals surface area contributed by atoms with Gasteiger partial charge >= 0.3 is 0 Å². The molecule has 0 spiro atoms. The van der Waals surface area contributed by atoms with Gasteiger partial charge < -0.3 is 5.11 Å². The van der Waals surface area contributed by atoms with E-state index in [1.165, 1.54) is 5.56 Å². The van der Waals surface area contributed by atoms with E-state index >= 15 is 0 Å². The lowest BCUT2D eigenvalue weighted by molar-refractivity contribution is 0.473. The molecule has 1 aliphatic rings. The average molecular weight is 303 g/mol. The van der Waals surface area contributed by atoms with Crippen molar-refractivity contribution < 1.29 is 13.5 Å². The molecule has 5 heteroatoms. The molecule has 0 heterocycles. The number of benzene rings is 2. The van der Waals surface area contributed by atoms with Crippen LogP contribution in [-0.4, -0.2) is 13.5 Å². The van der Waals surface area contributed by atoms with Gasteiger partial charge in [0.25, 0.3) is 10.0 Å². The molecular weight excluding hydrogens is 286 g/mol. The fourth-order valence-corrected chi connectivity index (χ4v) is 3.78. The minimum atomic E-state index is -3.68. The number of aromatic hydroxyl groups is 1. The number of sulfonamides is 1. The van der Waals surface area contributed by atoms with E-state index in [0.29, 0.717) is 5.56 Å². The molecule has 0 fully saturated rings. The molecule has 0 unspecified atom stereocenters. The Labute approximate surface area is 124 Å². The van der Waals surface area contributed by atoms with Crippen LogP contribution in [0.2, 0.25) is 0 Å². The number of rotatable bonds is 3. The van der Waals surface area contributed by atoms with E-state index in [9.17, 15) is 13.5 Å². The summed E-state index contributed by atoms with van der Waals surface area (Å²) in [7, 11) is -3.68. The summed E-state index contributed by atoms with van der Waals surface area (Å²) in [5.74, 6) is -0.0396. The van der Waals surface area contributed by atoms with Gasteiger partial charge in [-0.05, 0) is 61.1 Å². The van der Waals surface area contributed by atoms with E-state index in [4.69, 9.17) is 0 Å². The maximum Gasteiger partial charge on any atom is 0.262 e. The van der Waals surface area contributed by atoms with Crippen molar-refractivity contribution in [2.45, 2.75) is 31.1 Å². The summed E-state index contributed by atoms with van der Waals surface area (Å²) in [6, 6.07) is 10.2. The highest BCUT2D eigenvalue weighted by atomic mass is 32.2. The molecule has 1 aliphatic carbocycles. The van der Waals surface area contributed by atoms with Crippen molar-refractivity contribution in [1.29, 1.82) is 0 Å². The SMILES string of the molecule is Cc1cccc(NS(=O)(=O)c2ccc3c(c2)CCC3)c1O. The van der Waals surface area contributed by atoms with Crippen molar-refractivity contribution >= 4 is 15.7 Å². The van der Waals surface area contributed by atoms with Gasteiger partial charge in [-0.15, -0.1) is 0 Å². The number of aryl methyl sites for hydroxylation is 3. The highest BCUT2D eigenvalue weighted by molar-refractivity contribution is 7.92. The van der Waals surface area contributed by atoms with Crippen molar-refractivity contribution in [2.24, 2.45) is 0 Å². The van der Waals surface area contributed by atoms with Gasteiger partial charge in [-0.25, -0.2) is 8.42 Å². The largest absolute Gasteiger partial charge is 0.505 e. The fraction of sp³-hybridized carbons (Fsp3) is 0.250. The van der Waals surface area contributed by atoms with Crippen LogP contribution in [0.1, 0.15) is 23.1 Å². The maximum absolute atomic E-state index is 12.4. The number of nitrogens with one attached hydrogen (secondary N) is 1. The summed E-state index contributed by atoms with van der Waals surface area (Å²) in [5.41, 5.74) is 3.17. The van der Waals surface area contributed by atoms with Crippen molar-refractivity contribution in [3.05, 3.63) is 53.1 Å². The standard InChI is InChI=1S/C16H17NO3S/c1-11-4-2-7-15(16(11)18)17-21(19,20)14-9-8-12-5-3-6-13(12)10-14/h2,4,7-10,17-18H,3,5-6H2,1H3. The Morgan fingerprint density at radius 1 is 1.10 bits per heavy atom. The first kappa shape index (κ1) is 13.9. The molecule has 0 radical (unpaired) electrons. The van der Waals surface area contributed by atoms with Crippen LogP contribution in [-0.2, 0) is 22.9 Å². The number of hydrogen-bond acceptors (Lipinski definition) is 3. The highest BCUT2D eigenvalue weighted by Gasteiger charge is 2.19. The lowest BCUT2D eigenvalue weighted by Gasteiger charge is -2.12. The molecule has 0 atom stereocenters. The lowest BCUT2D eigenvalue weighted by Crippen LogP contribution is -2.13. The summed E-state index contributed by atoms with van der Waals surface area (Å²) in [6.07, 6.45) is 3.01. The highest BCUT2D eigenvalue weighted by Crippen LogP contribution is 2.30. The number of hydrogen-bond donors (Lipinski definition) is 2. The van der Waals surface area contributed by atoms with Crippen molar-refractivity contribution in [3.63, 3.8) is 0 Å². The van der Waals surface area contributed by atoms with Crippen LogP contribution in [0.5, 0.6) is 5.75 Å². The Morgan fingerprint density at radius 2 is 1.86 bits per heavy atom. The molecular formula is C16H17NO3S. The second-order valence-electron chi connectivity index (χ2n) is 5.36. The zero-order chi connectivity index (χ0) is 15.0. The van der Waals surface area contributed by atoms with Crippen LogP contribution < -0.4 is 4.72 Å². The van der Waals surface area contributed by atoms with E-state index in [-0.39, 0.29) is 16.3 Å². The quantitative estimate of drug-likeness (QED) is 0.857. The molecule has 2 aromatic carbocycles. The zero-order valence-corrected chi connectivity index (χ0v) is 12.6. The van der Waals surface area contributed by atoms with E-state index in [2.05, 4.69) is 4.72 Å². The summed E-state index contributed by atoms with van der Waals surface area (Å²) in [5, 5.41) is 9.94. The van der Waals surface area contributed by atoms with Gasteiger partial charge in [0.05, 0.1) is 10.6 Å².